The van der Waals surface area contributed by atoms with Crippen LogP contribution in [-0.4, -0.2) is 9.78 Å². The monoisotopic (exact) mass is 223 g/mol. The number of H-pyrrole nitrogens is 1. The lowest BCUT2D eigenvalue weighted by atomic mass is 10.2. The fourth-order valence-electron chi connectivity index (χ4n) is 1.93. The number of nitrogens with zero attached hydrogens (tertiary/aromatic N) is 1. The SMILES string of the molecule is O=c1c2ccccc2[nH]n1Cc1cc[c]cc1. The molecule has 0 fully saturated rings. The Morgan fingerprint density at radius 1 is 1.12 bits per heavy atom. The third kappa shape index (κ3) is 1.76. The van der Waals surface area contributed by atoms with Gasteiger partial charge in [0.1, 0.15) is 0 Å². The van der Waals surface area contributed by atoms with Crippen molar-refractivity contribution in [3.63, 3.8) is 0 Å². The van der Waals surface area contributed by atoms with Crippen molar-refractivity contribution in [2.45, 2.75) is 6.54 Å². The smallest absolute Gasteiger partial charge is 0.274 e. The molecule has 1 heterocycles. The Morgan fingerprint density at radius 2 is 1.88 bits per heavy atom. The van der Waals surface area contributed by atoms with E-state index in [1.165, 1.54) is 0 Å². The second-order valence-electron chi connectivity index (χ2n) is 3.96. The zero-order chi connectivity index (χ0) is 11.7. The Morgan fingerprint density at radius 3 is 2.65 bits per heavy atom. The summed E-state index contributed by atoms with van der Waals surface area (Å²) in [5.74, 6) is 0. The van der Waals surface area contributed by atoms with E-state index in [9.17, 15) is 4.79 Å². The summed E-state index contributed by atoms with van der Waals surface area (Å²) >= 11 is 0. The molecule has 3 heteroatoms. The van der Waals surface area contributed by atoms with E-state index >= 15 is 0 Å². The molecule has 0 saturated heterocycles. The maximum absolute atomic E-state index is 12.1. The molecule has 0 amide bonds. The van der Waals surface area contributed by atoms with Gasteiger partial charge in [0.2, 0.25) is 0 Å². The van der Waals surface area contributed by atoms with Gasteiger partial charge in [-0.15, -0.1) is 0 Å². The third-order valence-corrected chi connectivity index (χ3v) is 2.79. The molecule has 0 atom stereocenters. The molecule has 83 valence electrons. The Labute approximate surface area is 98.3 Å². The number of hydrogen-bond acceptors (Lipinski definition) is 1. The molecule has 1 aromatic heterocycles. The highest BCUT2D eigenvalue weighted by atomic mass is 16.1. The highest BCUT2D eigenvalue weighted by Crippen LogP contribution is 2.07. The molecule has 0 aliphatic carbocycles. The van der Waals surface area contributed by atoms with Gasteiger partial charge < -0.3 is 0 Å². The lowest BCUT2D eigenvalue weighted by Gasteiger charge is -2.00. The molecular formula is C14H11N2O. The van der Waals surface area contributed by atoms with Crippen molar-refractivity contribution in [3.05, 3.63) is 70.5 Å². The quantitative estimate of drug-likeness (QED) is 0.710. The first-order chi connectivity index (χ1) is 8.34. The van der Waals surface area contributed by atoms with Gasteiger partial charge in [0.25, 0.3) is 5.56 Å². The minimum absolute atomic E-state index is 0.0217. The van der Waals surface area contributed by atoms with E-state index in [0.29, 0.717) is 6.54 Å². The van der Waals surface area contributed by atoms with Gasteiger partial charge in [-0.1, -0.05) is 36.4 Å². The van der Waals surface area contributed by atoms with Crippen LogP contribution >= 0.6 is 0 Å². The molecule has 2 aromatic carbocycles. The summed E-state index contributed by atoms with van der Waals surface area (Å²) in [6.07, 6.45) is 0. The molecule has 3 nitrogen and oxygen atoms in total. The van der Waals surface area contributed by atoms with Crippen LogP contribution in [0.2, 0.25) is 0 Å². The van der Waals surface area contributed by atoms with Crippen LogP contribution in [-0.2, 0) is 6.54 Å². The maximum Gasteiger partial charge on any atom is 0.274 e. The standard InChI is InChI=1S/C14H11N2O/c17-14-12-8-4-5-9-13(12)15-16(14)10-11-6-2-1-3-7-11/h2-9,15H,10H2. The summed E-state index contributed by atoms with van der Waals surface area (Å²) in [6, 6.07) is 18.1. The van der Waals surface area contributed by atoms with Gasteiger partial charge in [-0.05, 0) is 23.8 Å². The lowest BCUT2D eigenvalue weighted by Crippen LogP contribution is -2.17. The Bertz CT molecular complexity index is 695. The molecule has 3 aromatic rings. The molecule has 0 saturated carbocycles. The number of para-hydroxylation sites is 1. The van der Waals surface area contributed by atoms with E-state index in [-0.39, 0.29) is 5.56 Å². The molecule has 0 aliphatic heterocycles. The largest absolute Gasteiger partial charge is 0.295 e. The van der Waals surface area contributed by atoms with Gasteiger partial charge in [0.05, 0.1) is 17.4 Å². The predicted molar refractivity (Wildman–Crippen MR) is 66.9 cm³/mol. The van der Waals surface area contributed by atoms with E-state index < -0.39 is 0 Å². The van der Waals surface area contributed by atoms with Crippen molar-refractivity contribution in [1.29, 1.82) is 0 Å². The van der Waals surface area contributed by atoms with Gasteiger partial charge in [0, 0.05) is 0 Å². The fourth-order valence-corrected chi connectivity index (χ4v) is 1.93. The number of nitrogens with one attached hydrogen (secondary N) is 1. The van der Waals surface area contributed by atoms with Gasteiger partial charge >= 0.3 is 0 Å². The first kappa shape index (κ1) is 9.90. The van der Waals surface area contributed by atoms with Gasteiger partial charge in [0.15, 0.2) is 0 Å². The maximum atomic E-state index is 12.1. The molecule has 1 radical (unpaired) electrons. The van der Waals surface area contributed by atoms with Crippen LogP contribution in [0, 0.1) is 6.07 Å². The van der Waals surface area contributed by atoms with Crippen molar-refractivity contribution in [2.75, 3.05) is 0 Å². The van der Waals surface area contributed by atoms with Crippen LogP contribution < -0.4 is 5.56 Å². The van der Waals surface area contributed by atoms with Crippen molar-refractivity contribution >= 4 is 10.9 Å². The van der Waals surface area contributed by atoms with Crippen LogP contribution in [0.15, 0.2) is 53.3 Å². The number of rotatable bonds is 2. The van der Waals surface area contributed by atoms with Crippen molar-refractivity contribution in [1.82, 2.24) is 9.78 Å². The number of aromatic nitrogens is 2. The summed E-state index contributed by atoms with van der Waals surface area (Å²) < 4.78 is 1.62. The Kier molecular flexibility index (Phi) is 2.29. The summed E-state index contributed by atoms with van der Waals surface area (Å²) in [5, 5.41) is 3.84. The average Bonchev–Trinajstić information content (AvgIpc) is 2.68. The summed E-state index contributed by atoms with van der Waals surface area (Å²) in [7, 11) is 0. The molecule has 0 aliphatic rings. The molecule has 3 rings (SSSR count). The molecule has 1 N–H and O–H groups in total. The molecule has 0 bridgehead atoms. The van der Waals surface area contributed by atoms with Crippen molar-refractivity contribution in [3.8, 4) is 0 Å². The van der Waals surface area contributed by atoms with E-state index in [1.807, 2.05) is 48.5 Å². The third-order valence-electron chi connectivity index (χ3n) is 2.79. The van der Waals surface area contributed by atoms with E-state index in [1.54, 1.807) is 4.68 Å². The number of hydrogen-bond donors (Lipinski definition) is 1. The molecular weight excluding hydrogens is 212 g/mol. The number of aromatic amines is 1. The lowest BCUT2D eigenvalue weighted by molar-refractivity contribution is 0.672. The van der Waals surface area contributed by atoms with E-state index in [0.717, 1.165) is 16.5 Å². The summed E-state index contributed by atoms with van der Waals surface area (Å²) in [4.78, 5) is 12.1. The highest BCUT2D eigenvalue weighted by molar-refractivity contribution is 5.77. The molecule has 0 spiro atoms. The minimum Gasteiger partial charge on any atom is -0.295 e. The van der Waals surface area contributed by atoms with Crippen LogP contribution in [0.25, 0.3) is 10.9 Å². The summed E-state index contributed by atoms with van der Waals surface area (Å²) in [6.45, 7) is 0.558. The fraction of sp³-hybridized carbons (Fsp3) is 0.0714. The zero-order valence-electron chi connectivity index (χ0n) is 9.18. The van der Waals surface area contributed by atoms with Crippen LogP contribution in [0.5, 0.6) is 0 Å². The van der Waals surface area contributed by atoms with Crippen LogP contribution in [0.4, 0.5) is 0 Å². The predicted octanol–water partition coefficient (Wildman–Crippen LogP) is 2.18. The average molecular weight is 223 g/mol. The molecule has 17 heavy (non-hydrogen) atoms. The van der Waals surface area contributed by atoms with Gasteiger partial charge in [-0.3, -0.25) is 9.89 Å². The number of fused-ring (bicyclic) bond motifs is 1. The molecule has 0 unspecified atom stereocenters. The highest BCUT2D eigenvalue weighted by Gasteiger charge is 2.05. The Balaban J connectivity index is 2.07. The van der Waals surface area contributed by atoms with Gasteiger partial charge in [-0.2, -0.15) is 0 Å². The minimum atomic E-state index is 0.0217. The van der Waals surface area contributed by atoms with E-state index in [4.69, 9.17) is 0 Å². The van der Waals surface area contributed by atoms with Crippen LogP contribution in [0.3, 0.4) is 0 Å². The van der Waals surface area contributed by atoms with Crippen molar-refractivity contribution in [2.24, 2.45) is 0 Å². The Hall–Kier alpha value is -2.29. The second kappa shape index (κ2) is 3.94. The zero-order valence-corrected chi connectivity index (χ0v) is 9.18. The first-order valence-electron chi connectivity index (χ1n) is 5.47. The van der Waals surface area contributed by atoms with E-state index in [2.05, 4.69) is 11.2 Å². The van der Waals surface area contributed by atoms with Crippen LogP contribution in [0.1, 0.15) is 5.56 Å². The first-order valence-corrected chi connectivity index (χ1v) is 5.47. The van der Waals surface area contributed by atoms with Gasteiger partial charge in [-0.25, -0.2) is 4.68 Å². The van der Waals surface area contributed by atoms with Crippen molar-refractivity contribution < 1.29 is 0 Å². The topological polar surface area (TPSA) is 37.8 Å². The number of benzene rings is 2. The normalized spacial score (nSPS) is 10.8. The summed E-state index contributed by atoms with van der Waals surface area (Å²) in [5.41, 5.74) is 1.98. The second-order valence-corrected chi connectivity index (χ2v) is 3.96.